The van der Waals surface area contributed by atoms with Crippen LogP contribution in [0.3, 0.4) is 0 Å². The highest BCUT2D eigenvalue weighted by Crippen LogP contribution is 2.54. The lowest BCUT2D eigenvalue weighted by molar-refractivity contribution is -0.385. The van der Waals surface area contributed by atoms with E-state index in [1.54, 1.807) is 0 Å². The minimum atomic E-state index is -0.586. The molecule has 1 aliphatic carbocycles. The summed E-state index contributed by atoms with van der Waals surface area (Å²) < 4.78 is 19.6. The van der Waals surface area contributed by atoms with E-state index in [1.807, 2.05) is 25.7 Å². The lowest BCUT2D eigenvalue weighted by Gasteiger charge is -2.52. The smallest absolute Gasteiger partial charge is 0.306 e. The molecule has 7 heteroatoms. The largest absolute Gasteiger partial charge is 0.460 e. The second-order valence-electron chi connectivity index (χ2n) is 8.94. The number of esters is 1. The minimum absolute atomic E-state index is 0.132. The van der Waals surface area contributed by atoms with Crippen molar-refractivity contribution in [3.63, 3.8) is 0 Å². The number of hydrogen-bond acceptors (Lipinski definition) is 5. The van der Waals surface area contributed by atoms with E-state index in [4.69, 9.17) is 4.74 Å². The molecule has 0 amide bonds. The average molecular weight is 378 g/mol. The number of benzene rings is 1. The van der Waals surface area contributed by atoms with Crippen LogP contribution in [0.4, 0.5) is 15.8 Å². The molecule has 6 nitrogen and oxygen atoms in total. The van der Waals surface area contributed by atoms with E-state index in [0.29, 0.717) is 18.0 Å². The zero-order chi connectivity index (χ0) is 19.8. The van der Waals surface area contributed by atoms with Gasteiger partial charge in [-0.05, 0) is 63.9 Å². The molecule has 1 aliphatic heterocycles. The van der Waals surface area contributed by atoms with Crippen LogP contribution in [0, 0.1) is 27.3 Å². The van der Waals surface area contributed by atoms with Gasteiger partial charge in [-0.3, -0.25) is 14.9 Å². The molecule has 0 atom stereocenters. The van der Waals surface area contributed by atoms with Crippen LogP contribution >= 0.6 is 0 Å². The molecule has 1 spiro atoms. The summed E-state index contributed by atoms with van der Waals surface area (Å²) in [6.07, 6.45) is 4.41. The molecule has 148 valence electrons. The van der Waals surface area contributed by atoms with Crippen molar-refractivity contribution in [2.24, 2.45) is 11.3 Å². The number of carbonyl (C=O) groups is 1. The number of non-ortho nitro benzene ring substituents is 1. The van der Waals surface area contributed by atoms with Crippen LogP contribution in [0.15, 0.2) is 18.2 Å². The molecular weight excluding hydrogens is 351 g/mol. The van der Waals surface area contributed by atoms with Crippen molar-refractivity contribution < 1.29 is 18.8 Å². The number of carbonyl (C=O) groups excluding carboxylic acids is 1. The molecule has 2 aliphatic rings. The summed E-state index contributed by atoms with van der Waals surface area (Å²) >= 11 is 0. The molecule has 0 radical (unpaired) electrons. The Bertz CT molecular complexity index is 728. The number of hydrogen-bond donors (Lipinski definition) is 0. The van der Waals surface area contributed by atoms with Crippen molar-refractivity contribution in [1.29, 1.82) is 0 Å². The Labute approximate surface area is 158 Å². The molecule has 0 unspecified atom stereocenters. The van der Waals surface area contributed by atoms with E-state index in [1.165, 1.54) is 12.1 Å². The Morgan fingerprint density at radius 1 is 1.33 bits per heavy atom. The number of anilines is 1. The Hall–Kier alpha value is -2.18. The standard InChI is InChI=1S/C20H27FN2O4/c1-19(2,3)27-18(24)10-14-12-20(13-14)6-8-22(9-7-20)17-5-4-15(23(25)26)11-16(17)21/h4-5,11,14H,6-10,12-13H2,1-3H3. The number of rotatable bonds is 4. The van der Waals surface area contributed by atoms with Gasteiger partial charge >= 0.3 is 5.97 Å². The second kappa shape index (κ2) is 7.09. The highest BCUT2D eigenvalue weighted by molar-refractivity contribution is 5.70. The lowest BCUT2D eigenvalue weighted by Crippen LogP contribution is -2.48. The predicted octanol–water partition coefficient (Wildman–Crippen LogP) is 4.46. The predicted molar refractivity (Wildman–Crippen MR) is 100 cm³/mol. The van der Waals surface area contributed by atoms with Gasteiger partial charge in [0, 0.05) is 25.6 Å². The first-order chi connectivity index (χ1) is 12.6. The Balaban J connectivity index is 1.50. The molecule has 0 bridgehead atoms. The lowest BCUT2D eigenvalue weighted by atomic mass is 9.57. The van der Waals surface area contributed by atoms with Crippen LogP contribution in [-0.4, -0.2) is 29.6 Å². The van der Waals surface area contributed by atoms with Crippen molar-refractivity contribution in [2.75, 3.05) is 18.0 Å². The van der Waals surface area contributed by atoms with Gasteiger partial charge < -0.3 is 9.64 Å². The van der Waals surface area contributed by atoms with Crippen molar-refractivity contribution in [3.8, 4) is 0 Å². The third-order valence-electron chi connectivity index (χ3n) is 5.63. The van der Waals surface area contributed by atoms with E-state index in [2.05, 4.69) is 0 Å². The SMILES string of the molecule is CC(C)(C)OC(=O)CC1CC2(CCN(c3ccc([N+](=O)[O-])cc3F)CC2)C1. The van der Waals surface area contributed by atoms with Gasteiger partial charge in [-0.1, -0.05) is 0 Å². The first-order valence-electron chi connectivity index (χ1n) is 9.48. The van der Waals surface area contributed by atoms with Crippen molar-refractivity contribution in [2.45, 2.75) is 58.5 Å². The maximum atomic E-state index is 14.2. The van der Waals surface area contributed by atoms with Crippen LogP contribution in [-0.2, 0) is 9.53 Å². The van der Waals surface area contributed by atoms with Crippen LogP contribution in [0.2, 0.25) is 0 Å². The highest BCUT2D eigenvalue weighted by Gasteiger charge is 2.46. The molecule has 27 heavy (non-hydrogen) atoms. The van der Waals surface area contributed by atoms with Gasteiger partial charge in [-0.15, -0.1) is 0 Å². The van der Waals surface area contributed by atoms with E-state index in [0.717, 1.165) is 44.8 Å². The van der Waals surface area contributed by atoms with Gasteiger partial charge in [0.1, 0.15) is 5.60 Å². The quantitative estimate of drug-likeness (QED) is 0.439. The fourth-order valence-corrected chi connectivity index (χ4v) is 4.42. The molecule has 0 N–H and O–H groups in total. The number of halogens is 1. The monoisotopic (exact) mass is 378 g/mol. The van der Waals surface area contributed by atoms with Crippen LogP contribution in [0.25, 0.3) is 0 Å². The summed E-state index contributed by atoms with van der Waals surface area (Å²) in [5, 5.41) is 10.7. The number of nitro benzene ring substituents is 1. The van der Waals surface area contributed by atoms with Gasteiger partial charge in [-0.2, -0.15) is 0 Å². The zero-order valence-corrected chi connectivity index (χ0v) is 16.2. The molecule has 0 aromatic heterocycles. The van der Waals surface area contributed by atoms with Gasteiger partial charge in [0.2, 0.25) is 0 Å². The Morgan fingerprint density at radius 3 is 2.48 bits per heavy atom. The number of nitrogens with zero attached hydrogens (tertiary/aromatic N) is 2. The van der Waals surface area contributed by atoms with E-state index in [-0.39, 0.29) is 17.1 Å². The van der Waals surface area contributed by atoms with Crippen LogP contribution in [0.1, 0.15) is 52.9 Å². The fourth-order valence-electron chi connectivity index (χ4n) is 4.42. The molecule has 1 aromatic carbocycles. The first-order valence-corrected chi connectivity index (χ1v) is 9.48. The molecule has 3 rings (SSSR count). The van der Waals surface area contributed by atoms with Gasteiger partial charge in [0.25, 0.3) is 5.69 Å². The molecular formula is C20H27FN2O4. The van der Waals surface area contributed by atoms with Crippen molar-refractivity contribution >= 4 is 17.3 Å². The molecule has 1 saturated heterocycles. The number of nitro groups is 1. The Morgan fingerprint density at radius 2 is 1.96 bits per heavy atom. The van der Waals surface area contributed by atoms with Crippen molar-refractivity contribution in [3.05, 3.63) is 34.1 Å². The third-order valence-corrected chi connectivity index (χ3v) is 5.63. The number of piperidine rings is 1. The van der Waals surface area contributed by atoms with E-state index in [9.17, 15) is 19.3 Å². The van der Waals surface area contributed by atoms with Gasteiger partial charge in [0.05, 0.1) is 16.7 Å². The fraction of sp³-hybridized carbons (Fsp3) is 0.650. The summed E-state index contributed by atoms with van der Waals surface area (Å²) in [5.41, 5.74) is 0.00726. The minimum Gasteiger partial charge on any atom is -0.460 e. The summed E-state index contributed by atoms with van der Waals surface area (Å²) in [4.78, 5) is 24.1. The van der Waals surface area contributed by atoms with E-state index < -0.39 is 16.3 Å². The summed E-state index contributed by atoms with van der Waals surface area (Å²) in [5.74, 6) is -0.299. The molecule has 1 aromatic rings. The topological polar surface area (TPSA) is 72.7 Å². The van der Waals surface area contributed by atoms with Crippen molar-refractivity contribution in [1.82, 2.24) is 0 Å². The van der Waals surface area contributed by atoms with Gasteiger partial charge in [0.15, 0.2) is 5.82 Å². The third kappa shape index (κ3) is 4.57. The maximum Gasteiger partial charge on any atom is 0.306 e. The maximum absolute atomic E-state index is 14.2. The average Bonchev–Trinajstić information content (AvgIpc) is 2.52. The summed E-state index contributed by atoms with van der Waals surface area (Å²) in [7, 11) is 0. The van der Waals surface area contributed by atoms with Gasteiger partial charge in [-0.25, -0.2) is 4.39 Å². The molecule has 1 heterocycles. The van der Waals surface area contributed by atoms with Crippen LogP contribution in [0.5, 0.6) is 0 Å². The van der Waals surface area contributed by atoms with Crippen LogP contribution < -0.4 is 4.90 Å². The Kier molecular flexibility index (Phi) is 5.14. The van der Waals surface area contributed by atoms with E-state index >= 15 is 0 Å². The summed E-state index contributed by atoms with van der Waals surface area (Å²) in [6, 6.07) is 3.83. The summed E-state index contributed by atoms with van der Waals surface area (Å²) in [6.45, 7) is 7.09. The second-order valence-corrected chi connectivity index (χ2v) is 8.94. The normalized spacial score (nSPS) is 19.6. The molecule has 2 fully saturated rings. The highest BCUT2D eigenvalue weighted by atomic mass is 19.1. The first kappa shape index (κ1) is 19.6. The zero-order valence-electron chi connectivity index (χ0n) is 16.2. The molecule has 1 saturated carbocycles. The number of ether oxygens (including phenoxy) is 1.